The Bertz CT molecular complexity index is 594. The number of para-hydroxylation sites is 1. The summed E-state index contributed by atoms with van der Waals surface area (Å²) in [5.41, 5.74) is 6.46. The maximum atomic E-state index is 10.9. The molecule has 0 aliphatic heterocycles. The molecule has 2 aromatic rings. The van der Waals surface area contributed by atoms with E-state index in [-0.39, 0.29) is 23.3 Å². The fourth-order valence-corrected chi connectivity index (χ4v) is 1.60. The largest absolute Gasteiger partial charge is 0.423 e. The van der Waals surface area contributed by atoms with E-state index >= 15 is 0 Å². The van der Waals surface area contributed by atoms with Crippen LogP contribution in [0.2, 0.25) is 0 Å². The normalized spacial score (nSPS) is 12.8. The van der Waals surface area contributed by atoms with E-state index in [1.807, 2.05) is 13.8 Å². The number of nitro benzene ring substituents is 1. The number of rotatable bonds is 5. The Morgan fingerprint density at radius 1 is 1.53 bits per heavy atom. The van der Waals surface area contributed by atoms with Crippen LogP contribution in [0.5, 0.6) is 0 Å². The molecule has 19 heavy (non-hydrogen) atoms. The molecule has 0 aliphatic rings. The van der Waals surface area contributed by atoms with Gasteiger partial charge in [0.15, 0.2) is 11.1 Å². The van der Waals surface area contributed by atoms with Gasteiger partial charge in [-0.15, -0.1) is 0 Å². The molecule has 0 bridgehead atoms. The molecule has 3 N–H and O–H groups in total. The Balaban J connectivity index is 2.22. The number of nitro groups is 1. The van der Waals surface area contributed by atoms with Crippen LogP contribution in [0.25, 0.3) is 11.1 Å². The highest BCUT2D eigenvalue weighted by Crippen LogP contribution is 2.27. The van der Waals surface area contributed by atoms with Crippen LogP contribution in [0.15, 0.2) is 22.6 Å². The van der Waals surface area contributed by atoms with Crippen molar-refractivity contribution < 1.29 is 9.34 Å². The standard InChI is InChI=1S/C12H16N4O3/c1-7(2)8(13)6-14-12-15-11-9(16(17)18)4-3-5-10(11)19-12/h3-5,7-8H,6,13H2,1-2H3,(H,14,15). The van der Waals surface area contributed by atoms with Crippen molar-refractivity contribution in [3.8, 4) is 0 Å². The Hall–Kier alpha value is -2.15. The summed E-state index contributed by atoms with van der Waals surface area (Å²) in [6.45, 7) is 4.53. The number of aromatic nitrogens is 1. The molecule has 1 heterocycles. The molecule has 1 atom stereocenters. The van der Waals surface area contributed by atoms with Crippen molar-refractivity contribution in [3.05, 3.63) is 28.3 Å². The lowest BCUT2D eigenvalue weighted by atomic mass is 10.1. The third-order valence-electron chi connectivity index (χ3n) is 2.94. The van der Waals surface area contributed by atoms with Crippen molar-refractivity contribution in [2.75, 3.05) is 11.9 Å². The lowest BCUT2D eigenvalue weighted by Gasteiger charge is -2.14. The average Bonchev–Trinajstić information content (AvgIpc) is 2.77. The molecule has 7 nitrogen and oxygen atoms in total. The molecule has 0 saturated carbocycles. The van der Waals surface area contributed by atoms with Gasteiger partial charge in [-0.2, -0.15) is 4.98 Å². The quantitative estimate of drug-likeness (QED) is 0.632. The summed E-state index contributed by atoms with van der Waals surface area (Å²) < 4.78 is 5.41. The summed E-state index contributed by atoms with van der Waals surface area (Å²) in [6.07, 6.45) is 0. The van der Waals surface area contributed by atoms with Gasteiger partial charge in [-0.3, -0.25) is 10.1 Å². The van der Waals surface area contributed by atoms with E-state index in [9.17, 15) is 10.1 Å². The molecule has 0 aliphatic carbocycles. The zero-order valence-electron chi connectivity index (χ0n) is 10.8. The van der Waals surface area contributed by atoms with Crippen LogP contribution in [0.1, 0.15) is 13.8 Å². The predicted octanol–water partition coefficient (Wildman–Crippen LogP) is 2.13. The number of benzene rings is 1. The molecule has 1 aromatic carbocycles. The maximum absolute atomic E-state index is 10.9. The number of nitrogens with zero attached hydrogens (tertiary/aromatic N) is 2. The van der Waals surface area contributed by atoms with Gasteiger partial charge < -0.3 is 15.5 Å². The minimum Gasteiger partial charge on any atom is -0.423 e. The number of anilines is 1. The van der Waals surface area contributed by atoms with E-state index in [0.29, 0.717) is 18.0 Å². The third kappa shape index (κ3) is 2.82. The molecule has 0 fully saturated rings. The van der Waals surface area contributed by atoms with Gasteiger partial charge >= 0.3 is 0 Å². The van der Waals surface area contributed by atoms with Crippen molar-refractivity contribution in [2.45, 2.75) is 19.9 Å². The van der Waals surface area contributed by atoms with Gasteiger partial charge in [0.05, 0.1) is 4.92 Å². The summed E-state index contributed by atoms with van der Waals surface area (Å²) >= 11 is 0. The molecule has 1 unspecified atom stereocenters. The number of non-ortho nitro benzene ring substituents is 1. The number of hydrogen-bond acceptors (Lipinski definition) is 6. The first-order chi connectivity index (χ1) is 8.99. The van der Waals surface area contributed by atoms with Gasteiger partial charge in [-0.05, 0) is 12.0 Å². The van der Waals surface area contributed by atoms with E-state index in [2.05, 4.69) is 10.3 Å². The summed E-state index contributed by atoms with van der Waals surface area (Å²) in [6, 6.07) is 4.82. The van der Waals surface area contributed by atoms with Gasteiger partial charge in [0.25, 0.3) is 11.7 Å². The highest BCUT2D eigenvalue weighted by atomic mass is 16.6. The second-order valence-corrected chi connectivity index (χ2v) is 4.69. The van der Waals surface area contributed by atoms with Crippen molar-refractivity contribution in [3.63, 3.8) is 0 Å². The van der Waals surface area contributed by atoms with E-state index in [0.717, 1.165) is 0 Å². The molecule has 102 valence electrons. The molecule has 7 heteroatoms. The highest BCUT2D eigenvalue weighted by Gasteiger charge is 2.17. The van der Waals surface area contributed by atoms with E-state index in [1.165, 1.54) is 6.07 Å². The zero-order chi connectivity index (χ0) is 14.0. The monoisotopic (exact) mass is 264 g/mol. The van der Waals surface area contributed by atoms with Crippen LogP contribution in [0, 0.1) is 16.0 Å². The lowest BCUT2D eigenvalue weighted by Crippen LogP contribution is -2.34. The lowest BCUT2D eigenvalue weighted by molar-refractivity contribution is -0.383. The predicted molar refractivity (Wildman–Crippen MR) is 72.0 cm³/mol. The molecular formula is C12H16N4O3. The van der Waals surface area contributed by atoms with Crippen molar-refractivity contribution >= 4 is 22.8 Å². The molecular weight excluding hydrogens is 248 g/mol. The van der Waals surface area contributed by atoms with E-state index < -0.39 is 4.92 Å². The first kappa shape index (κ1) is 13.3. The summed E-state index contributed by atoms with van der Waals surface area (Å²) in [4.78, 5) is 14.5. The number of hydrogen-bond donors (Lipinski definition) is 2. The molecule has 0 saturated heterocycles. The second-order valence-electron chi connectivity index (χ2n) is 4.69. The summed E-state index contributed by atoms with van der Waals surface area (Å²) in [5, 5.41) is 13.8. The van der Waals surface area contributed by atoms with E-state index in [1.54, 1.807) is 12.1 Å². The van der Waals surface area contributed by atoms with Crippen molar-refractivity contribution in [2.24, 2.45) is 11.7 Å². The van der Waals surface area contributed by atoms with Crippen LogP contribution in [-0.4, -0.2) is 22.5 Å². The summed E-state index contributed by atoms with van der Waals surface area (Å²) in [5.74, 6) is 0.325. The van der Waals surface area contributed by atoms with Crippen molar-refractivity contribution in [1.29, 1.82) is 0 Å². The highest BCUT2D eigenvalue weighted by molar-refractivity contribution is 5.83. The molecule has 0 spiro atoms. The fraction of sp³-hybridized carbons (Fsp3) is 0.417. The minimum absolute atomic E-state index is 0.0370. The van der Waals surface area contributed by atoms with Gasteiger partial charge in [0.2, 0.25) is 0 Å². The zero-order valence-corrected chi connectivity index (χ0v) is 10.8. The van der Waals surface area contributed by atoms with Gasteiger partial charge in [-0.25, -0.2) is 0 Å². The number of oxazole rings is 1. The van der Waals surface area contributed by atoms with Crippen LogP contribution < -0.4 is 11.1 Å². The SMILES string of the molecule is CC(C)C(N)CNc1nc2c([N+](=O)[O-])cccc2o1. The second kappa shape index (κ2) is 5.23. The van der Waals surface area contributed by atoms with Crippen LogP contribution in [0.3, 0.4) is 0 Å². The molecule has 0 radical (unpaired) electrons. The minimum atomic E-state index is -0.478. The summed E-state index contributed by atoms with van der Waals surface area (Å²) in [7, 11) is 0. The van der Waals surface area contributed by atoms with Crippen molar-refractivity contribution in [1.82, 2.24) is 4.98 Å². The molecule has 2 rings (SSSR count). The fourth-order valence-electron chi connectivity index (χ4n) is 1.60. The Kier molecular flexibility index (Phi) is 3.66. The van der Waals surface area contributed by atoms with Crippen LogP contribution in [-0.2, 0) is 0 Å². The number of fused-ring (bicyclic) bond motifs is 1. The first-order valence-electron chi connectivity index (χ1n) is 6.02. The van der Waals surface area contributed by atoms with Crippen LogP contribution >= 0.6 is 0 Å². The van der Waals surface area contributed by atoms with Crippen LogP contribution in [0.4, 0.5) is 11.7 Å². The third-order valence-corrected chi connectivity index (χ3v) is 2.94. The Morgan fingerprint density at radius 3 is 2.89 bits per heavy atom. The van der Waals surface area contributed by atoms with Gasteiger partial charge in [0.1, 0.15) is 0 Å². The average molecular weight is 264 g/mol. The van der Waals surface area contributed by atoms with Gasteiger partial charge in [-0.1, -0.05) is 19.9 Å². The molecule has 0 amide bonds. The Labute approximate surface area is 109 Å². The number of nitrogens with one attached hydrogen (secondary N) is 1. The topological polar surface area (TPSA) is 107 Å². The smallest absolute Gasteiger partial charge is 0.298 e. The van der Waals surface area contributed by atoms with Gasteiger partial charge in [0, 0.05) is 18.7 Å². The maximum Gasteiger partial charge on any atom is 0.298 e. The number of nitrogens with two attached hydrogens (primary N) is 1. The Morgan fingerprint density at radius 2 is 2.26 bits per heavy atom. The van der Waals surface area contributed by atoms with E-state index in [4.69, 9.17) is 10.2 Å². The molecule has 1 aromatic heterocycles. The first-order valence-corrected chi connectivity index (χ1v) is 6.02.